The SMILES string of the molecule is COC(=O)c1cccc(-c2nc(SC)[nH]c(=O)c2C#N)c1F. The zero-order chi connectivity index (χ0) is 16.3. The van der Waals surface area contributed by atoms with E-state index in [4.69, 9.17) is 5.26 Å². The molecule has 112 valence electrons. The summed E-state index contributed by atoms with van der Waals surface area (Å²) >= 11 is 1.14. The lowest BCUT2D eigenvalue weighted by Crippen LogP contribution is -2.15. The smallest absolute Gasteiger partial charge is 0.340 e. The molecule has 0 saturated carbocycles. The van der Waals surface area contributed by atoms with Gasteiger partial charge < -0.3 is 9.72 Å². The van der Waals surface area contributed by atoms with E-state index in [1.54, 1.807) is 12.3 Å². The highest BCUT2D eigenvalue weighted by Gasteiger charge is 2.21. The Balaban J connectivity index is 2.78. The molecule has 1 heterocycles. The van der Waals surface area contributed by atoms with E-state index in [9.17, 15) is 14.0 Å². The number of aromatic nitrogens is 2. The standard InChI is InChI=1S/C14H10FN3O3S/c1-21-13(20)8-5-3-4-7(10(8)15)11-9(6-16)12(19)18-14(17-11)22-2/h3-5H,1-2H3,(H,17,18,19). The molecule has 2 rings (SSSR count). The van der Waals surface area contributed by atoms with Crippen molar-refractivity contribution in [2.24, 2.45) is 0 Å². The van der Waals surface area contributed by atoms with Gasteiger partial charge in [-0.05, 0) is 18.4 Å². The van der Waals surface area contributed by atoms with E-state index in [2.05, 4.69) is 14.7 Å². The molecule has 8 heteroatoms. The second-order valence-corrected chi connectivity index (χ2v) is 4.86. The predicted molar refractivity (Wildman–Crippen MR) is 78.1 cm³/mol. The molecule has 0 radical (unpaired) electrons. The van der Waals surface area contributed by atoms with Crippen LogP contribution in [0.2, 0.25) is 0 Å². The van der Waals surface area contributed by atoms with Gasteiger partial charge in [-0.2, -0.15) is 5.26 Å². The highest BCUT2D eigenvalue weighted by Crippen LogP contribution is 2.26. The van der Waals surface area contributed by atoms with Gasteiger partial charge in [-0.25, -0.2) is 14.2 Å². The number of nitrogens with zero attached hydrogens (tertiary/aromatic N) is 2. The summed E-state index contributed by atoms with van der Waals surface area (Å²) in [5, 5.41) is 9.35. The summed E-state index contributed by atoms with van der Waals surface area (Å²) in [5.41, 5.74) is -1.50. The van der Waals surface area contributed by atoms with Crippen molar-refractivity contribution in [2.45, 2.75) is 5.16 Å². The number of ether oxygens (including phenoxy) is 1. The number of halogens is 1. The van der Waals surface area contributed by atoms with Crippen LogP contribution in [-0.4, -0.2) is 29.3 Å². The number of nitriles is 1. The van der Waals surface area contributed by atoms with Gasteiger partial charge in [0.1, 0.15) is 17.4 Å². The summed E-state index contributed by atoms with van der Waals surface area (Å²) in [6, 6.07) is 5.72. The van der Waals surface area contributed by atoms with Gasteiger partial charge in [-0.15, -0.1) is 0 Å². The van der Waals surface area contributed by atoms with Gasteiger partial charge in [0.25, 0.3) is 5.56 Å². The molecule has 0 fully saturated rings. The summed E-state index contributed by atoms with van der Waals surface area (Å²) in [4.78, 5) is 29.9. The number of nitrogens with one attached hydrogen (secondary N) is 1. The minimum absolute atomic E-state index is 0.110. The molecular weight excluding hydrogens is 309 g/mol. The van der Waals surface area contributed by atoms with Gasteiger partial charge in [-0.1, -0.05) is 17.8 Å². The Morgan fingerprint density at radius 1 is 1.50 bits per heavy atom. The zero-order valence-electron chi connectivity index (χ0n) is 11.6. The fourth-order valence-electron chi connectivity index (χ4n) is 1.83. The largest absolute Gasteiger partial charge is 0.465 e. The lowest BCUT2D eigenvalue weighted by molar-refractivity contribution is 0.0595. The second-order valence-electron chi connectivity index (χ2n) is 4.07. The van der Waals surface area contributed by atoms with Crippen molar-refractivity contribution < 1.29 is 13.9 Å². The molecule has 2 aromatic rings. The Morgan fingerprint density at radius 3 is 2.82 bits per heavy atom. The van der Waals surface area contributed by atoms with Crippen molar-refractivity contribution in [2.75, 3.05) is 13.4 Å². The number of aromatic amines is 1. The molecule has 0 unspecified atom stereocenters. The molecule has 0 aliphatic heterocycles. The topological polar surface area (TPSA) is 95.8 Å². The van der Waals surface area contributed by atoms with E-state index < -0.39 is 17.3 Å². The Morgan fingerprint density at radius 2 is 2.23 bits per heavy atom. The van der Waals surface area contributed by atoms with E-state index in [-0.39, 0.29) is 27.5 Å². The number of hydrogen-bond donors (Lipinski definition) is 1. The molecule has 1 aromatic heterocycles. The van der Waals surface area contributed by atoms with Gasteiger partial charge in [0.15, 0.2) is 5.16 Å². The van der Waals surface area contributed by atoms with Crippen molar-refractivity contribution in [1.82, 2.24) is 9.97 Å². The maximum Gasteiger partial charge on any atom is 0.340 e. The second kappa shape index (κ2) is 6.41. The summed E-state index contributed by atoms with van der Waals surface area (Å²) in [6.07, 6.45) is 1.68. The third kappa shape index (κ3) is 2.71. The van der Waals surface area contributed by atoms with E-state index in [1.165, 1.54) is 18.2 Å². The number of thioether (sulfide) groups is 1. The van der Waals surface area contributed by atoms with Crippen molar-refractivity contribution in [3.8, 4) is 17.3 Å². The van der Waals surface area contributed by atoms with Gasteiger partial charge in [-0.3, -0.25) is 4.79 Å². The number of benzene rings is 1. The molecular formula is C14H10FN3O3S. The highest BCUT2D eigenvalue weighted by molar-refractivity contribution is 7.98. The summed E-state index contributed by atoms with van der Waals surface area (Å²) in [7, 11) is 1.13. The molecule has 22 heavy (non-hydrogen) atoms. The molecule has 0 spiro atoms. The minimum atomic E-state index is -0.893. The lowest BCUT2D eigenvalue weighted by Gasteiger charge is -2.08. The molecule has 0 aliphatic carbocycles. The number of carbonyl (C=O) groups is 1. The first kappa shape index (κ1) is 15.7. The Labute approximate surface area is 129 Å². The predicted octanol–water partition coefficient (Wildman–Crippen LogP) is 1.96. The first-order valence-electron chi connectivity index (χ1n) is 5.99. The molecule has 0 amide bonds. The average Bonchev–Trinajstić information content (AvgIpc) is 2.53. The first-order chi connectivity index (χ1) is 10.5. The molecule has 0 aliphatic rings. The molecule has 0 saturated heterocycles. The number of esters is 1. The van der Waals surface area contributed by atoms with Gasteiger partial charge in [0.05, 0.1) is 18.4 Å². The number of carbonyl (C=O) groups excluding carboxylic acids is 1. The van der Waals surface area contributed by atoms with Crippen LogP contribution in [0.15, 0.2) is 28.2 Å². The number of methoxy groups -OCH3 is 1. The molecule has 6 nitrogen and oxygen atoms in total. The third-order valence-corrected chi connectivity index (χ3v) is 3.44. The fraction of sp³-hybridized carbons (Fsp3) is 0.143. The van der Waals surface area contributed by atoms with Crippen molar-refractivity contribution in [1.29, 1.82) is 5.26 Å². The number of H-pyrrole nitrogens is 1. The minimum Gasteiger partial charge on any atom is -0.465 e. The maximum atomic E-state index is 14.5. The van der Waals surface area contributed by atoms with Crippen LogP contribution in [0, 0.1) is 17.1 Å². The Kier molecular flexibility index (Phi) is 4.58. The van der Waals surface area contributed by atoms with Crippen molar-refractivity contribution in [3.05, 3.63) is 45.5 Å². The van der Waals surface area contributed by atoms with Crippen LogP contribution in [0.25, 0.3) is 11.3 Å². The quantitative estimate of drug-likeness (QED) is 0.528. The molecule has 0 atom stereocenters. The van der Waals surface area contributed by atoms with Crippen LogP contribution in [0.5, 0.6) is 0 Å². The van der Waals surface area contributed by atoms with E-state index in [0.717, 1.165) is 18.9 Å². The van der Waals surface area contributed by atoms with Crippen LogP contribution < -0.4 is 5.56 Å². The first-order valence-corrected chi connectivity index (χ1v) is 7.21. The Bertz CT molecular complexity index is 842. The van der Waals surface area contributed by atoms with Crippen LogP contribution in [-0.2, 0) is 4.74 Å². The monoisotopic (exact) mass is 319 g/mol. The zero-order valence-corrected chi connectivity index (χ0v) is 12.5. The van der Waals surface area contributed by atoms with Gasteiger partial charge >= 0.3 is 5.97 Å². The van der Waals surface area contributed by atoms with Crippen LogP contribution in [0.4, 0.5) is 4.39 Å². The van der Waals surface area contributed by atoms with E-state index >= 15 is 0 Å². The number of rotatable bonds is 3. The average molecular weight is 319 g/mol. The third-order valence-electron chi connectivity index (χ3n) is 2.86. The summed E-state index contributed by atoms with van der Waals surface area (Å²) in [5.74, 6) is -1.75. The lowest BCUT2D eigenvalue weighted by atomic mass is 10.0. The summed E-state index contributed by atoms with van der Waals surface area (Å²) < 4.78 is 19.0. The maximum absolute atomic E-state index is 14.5. The molecule has 1 N–H and O–H groups in total. The fourth-order valence-corrected chi connectivity index (χ4v) is 2.21. The van der Waals surface area contributed by atoms with E-state index in [1.807, 2.05) is 0 Å². The van der Waals surface area contributed by atoms with Gasteiger partial charge in [0.2, 0.25) is 0 Å². The summed E-state index contributed by atoms with van der Waals surface area (Å²) in [6.45, 7) is 0. The van der Waals surface area contributed by atoms with Crippen molar-refractivity contribution >= 4 is 17.7 Å². The van der Waals surface area contributed by atoms with Crippen LogP contribution in [0.3, 0.4) is 0 Å². The van der Waals surface area contributed by atoms with E-state index in [0.29, 0.717) is 0 Å². The molecule has 1 aromatic carbocycles. The van der Waals surface area contributed by atoms with Crippen LogP contribution in [0.1, 0.15) is 15.9 Å². The van der Waals surface area contributed by atoms with Gasteiger partial charge in [0, 0.05) is 5.56 Å². The molecule has 0 bridgehead atoms. The highest BCUT2D eigenvalue weighted by atomic mass is 32.2. The van der Waals surface area contributed by atoms with Crippen molar-refractivity contribution in [3.63, 3.8) is 0 Å². The van der Waals surface area contributed by atoms with Crippen LogP contribution >= 0.6 is 11.8 Å². The number of hydrogen-bond acceptors (Lipinski definition) is 6. The Hall–Kier alpha value is -2.66. The normalized spacial score (nSPS) is 10.1.